The van der Waals surface area contributed by atoms with Crippen LogP contribution in [0.25, 0.3) is 0 Å². The molecule has 2 saturated heterocycles. The highest BCUT2D eigenvalue weighted by Gasteiger charge is 2.55. The molecule has 6 rings (SSSR count). The number of hydrogen-bond acceptors (Lipinski definition) is 13. The van der Waals surface area contributed by atoms with Crippen LogP contribution in [0.15, 0.2) is 69.9 Å². The Bertz CT molecular complexity index is 1640. The Hall–Kier alpha value is -3.56. The number of ketones is 2. The van der Waals surface area contributed by atoms with Crippen LogP contribution in [0.3, 0.4) is 0 Å². The number of hydrogen-bond donors (Lipinski definition) is 5. The third-order valence-corrected chi connectivity index (χ3v) is 11.1. The Morgan fingerprint density at radius 2 is 1.65 bits per heavy atom. The normalized spacial score (nSPS) is 37.6. The van der Waals surface area contributed by atoms with Crippen LogP contribution in [0.1, 0.15) is 52.4 Å². The van der Waals surface area contributed by atoms with Crippen molar-refractivity contribution in [3.63, 3.8) is 0 Å². The first-order valence-corrected chi connectivity index (χ1v) is 16.5. The summed E-state index contributed by atoms with van der Waals surface area (Å²) in [6, 6.07) is 0. The van der Waals surface area contributed by atoms with E-state index in [4.69, 9.17) is 18.9 Å². The Morgan fingerprint density at radius 3 is 2.35 bits per heavy atom. The Balaban J connectivity index is 1.14. The Morgan fingerprint density at radius 1 is 0.980 bits per heavy atom. The summed E-state index contributed by atoms with van der Waals surface area (Å²) in [5, 5.41) is 53.7. The van der Waals surface area contributed by atoms with Gasteiger partial charge in [-0.1, -0.05) is 13.2 Å². The van der Waals surface area contributed by atoms with E-state index in [0.29, 0.717) is 52.7 Å². The molecular weight excluding hydrogens is 640 g/mol. The number of esters is 2. The summed E-state index contributed by atoms with van der Waals surface area (Å²) in [6.45, 7) is 9.69. The smallest absolute Gasteiger partial charge is 0.334 e. The van der Waals surface area contributed by atoms with Crippen LogP contribution in [-0.2, 0) is 38.1 Å². The first-order chi connectivity index (χ1) is 23.2. The SMILES string of the molecule is C=C(C(=O)O[C@@H]1[C@@H](O)[C@H](O)[C@@H](OCC2=C3C(=O)C=C(C)[C@@]34C[C@@H](CC2)C(=C)C(=O)O4)O[C@H]1CO)C1CCC(CO)=C2C(=O)C=C(C)[C@@]2(O)C1. The first-order valence-electron chi connectivity index (χ1n) is 16.5. The van der Waals surface area contributed by atoms with Crippen molar-refractivity contribution in [2.24, 2.45) is 11.8 Å². The first kappa shape index (κ1) is 35.3. The number of carbonyl (C=O) groups excluding carboxylic acids is 4. The molecule has 2 bridgehead atoms. The molecular formula is C36H42O13. The van der Waals surface area contributed by atoms with Crippen LogP contribution in [0.4, 0.5) is 0 Å². The van der Waals surface area contributed by atoms with Gasteiger partial charge in [-0.3, -0.25) is 9.59 Å². The molecule has 0 aromatic carbocycles. The van der Waals surface area contributed by atoms with E-state index in [0.717, 1.165) is 0 Å². The molecule has 5 N–H and O–H groups in total. The predicted molar refractivity (Wildman–Crippen MR) is 169 cm³/mol. The van der Waals surface area contributed by atoms with Crippen LogP contribution >= 0.6 is 0 Å². The van der Waals surface area contributed by atoms with Crippen molar-refractivity contribution in [3.05, 3.63) is 69.9 Å². The van der Waals surface area contributed by atoms with Crippen molar-refractivity contribution >= 4 is 23.5 Å². The van der Waals surface area contributed by atoms with Crippen molar-refractivity contribution in [3.8, 4) is 0 Å². The molecule has 0 amide bonds. The lowest BCUT2D eigenvalue weighted by Crippen LogP contribution is -2.60. The fourth-order valence-corrected chi connectivity index (χ4v) is 8.22. The van der Waals surface area contributed by atoms with Gasteiger partial charge in [0.2, 0.25) is 0 Å². The molecule has 13 heteroatoms. The second kappa shape index (κ2) is 13.0. The molecule has 2 heterocycles. The lowest BCUT2D eigenvalue weighted by atomic mass is 9.78. The molecule has 0 aromatic rings. The van der Waals surface area contributed by atoms with E-state index in [2.05, 4.69) is 13.2 Å². The van der Waals surface area contributed by atoms with Gasteiger partial charge in [-0.25, -0.2) is 9.59 Å². The minimum absolute atomic E-state index is 0.0645. The van der Waals surface area contributed by atoms with Gasteiger partial charge in [0, 0.05) is 28.7 Å². The van der Waals surface area contributed by atoms with E-state index in [-0.39, 0.29) is 48.7 Å². The predicted octanol–water partition coefficient (Wildman–Crippen LogP) is 0.737. The van der Waals surface area contributed by atoms with Gasteiger partial charge in [0.1, 0.15) is 23.9 Å². The molecule has 6 aliphatic rings. The summed E-state index contributed by atoms with van der Waals surface area (Å²) in [4.78, 5) is 51.8. The molecule has 2 fully saturated rings. The second-order valence-electron chi connectivity index (χ2n) is 13.9. The number of rotatable bonds is 8. The minimum Gasteiger partial charge on any atom is -0.453 e. The lowest BCUT2D eigenvalue weighted by molar-refractivity contribution is -0.301. The van der Waals surface area contributed by atoms with Gasteiger partial charge < -0.3 is 44.5 Å². The van der Waals surface area contributed by atoms with E-state index < -0.39 is 78.8 Å². The maximum Gasteiger partial charge on any atom is 0.334 e. The number of allylic oxidation sites excluding steroid dienone is 2. The number of carbonyl (C=O) groups is 4. The summed E-state index contributed by atoms with van der Waals surface area (Å²) in [6.07, 6.45) is -3.43. The molecule has 1 unspecified atom stereocenters. The summed E-state index contributed by atoms with van der Waals surface area (Å²) < 4.78 is 23.0. The molecule has 1 spiro atoms. The molecule has 0 saturated carbocycles. The van der Waals surface area contributed by atoms with E-state index >= 15 is 0 Å². The van der Waals surface area contributed by atoms with Crippen LogP contribution < -0.4 is 0 Å². The Labute approximate surface area is 282 Å². The fraction of sp³-hybridized carbons (Fsp3) is 0.556. The van der Waals surface area contributed by atoms with E-state index in [1.165, 1.54) is 12.2 Å². The van der Waals surface area contributed by atoms with E-state index in [9.17, 15) is 44.7 Å². The van der Waals surface area contributed by atoms with Crippen molar-refractivity contribution < 1.29 is 63.7 Å². The highest BCUT2D eigenvalue weighted by Crippen LogP contribution is 2.51. The molecule has 0 aromatic heterocycles. The largest absolute Gasteiger partial charge is 0.453 e. The van der Waals surface area contributed by atoms with Gasteiger partial charge in [0.05, 0.1) is 19.8 Å². The second-order valence-corrected chi connectivity index (χ2v) is 13.9. The lowest BCUT2D eigenvalue weighted by Gasteiger charge is -2.41. The molecule has 0 radical (unpaired) electrons. The summed E-state index contributed by atoms with van der Waals surface area (Å²) in [7, 11) is 0. The van der Waals surface area contributed by atoms with Crippen molar-refractivity contribution in [1.82, 2.24) is 0 Å². The van der Waals surface area contributed by atoms with Crippen molar-refractivity contribution in [2.45, 2.75) is 94.3 Å². The van der Waals surface area contributed by atoms with Gasteiger partial charge in [-0.05, 0) is 92.2 Å². The highest BCUT2D eigenvalue weighted by atomic mass is 16.7. The maximum atomic E-state index is 13.4. The number of fused-ring (bicyclic) bond motifs is 2. The number of ether oxygens (including phenoxy) is 4. The zero-order chi connectivity index (χ0) is 35.6. The quantitative estimate of drug-likeness (QED) is 0.177. The third kappa shape index (κ3) is 5.71. The summed E-state index contributed by atoms with van der Waals surface area (Å²) in [5.74, 6) is -3.12. The molecule has 49 heavy (non-hydrogen) atoms. The van der Waals surface area contributed by atoms with Crippen LogP contribution in [0, 0.1) is 11.8 Å². The monoisotopic (exact) mass is 682 g/mol. The van der Waals surface area contributed by atoms with Gasteiger partial charge >= 0.3 is 11.9 Å². The van der Waals surface area contributed by atoms with Crippen molar-refractivity contribution in [1.29, 1.82) is 0 Å². The summed E-state index contributed by atoms with van der Waals surface area (Å²) in [5.41, 5.74) is -0.346. The summed E-state index contributed by atoms with van der Waals surface area (Å²) >= 11 is 0. The van der Waals surface area contributed by atoms with Gasteiger partial charge in [0.25, 0.3) is 0 Å². The average molecular weight is 683 g/mol. The van der Waals surface area contributed by atoms with Crippen LogP contribution in [0.2, 0.25) is 0 Å². The zero-order valence-electron chi connectivity index (χ0n) is 27.5. The molecule has 2 aliphatic heterocycles. The standard InChI is InChI=1S/C36H42O13/c1-16-9-24(39)27-22(13-37)7-5-20(11-35(16,27)45)18(3)32(43)48-31-26(14-38)47-34(30(42)29(31)41)46-15-23-8-6-21-12-36(49-33(44)19(21)4)17(2)10-25(40)28(23)36/h9-10,20-21,26,29-31,34,37-38,41-42,45H,3-8,11-15H2,1-2H3/t20?,21-,26+,29+,30+,31+,34+,35+,36+/m1/s1. The van der Waals surface area contributed by atoms with Gasteiger partial charge in [0.15, 0.2) is 29.6 Å². The molecule has 264 valence electrons. The van der Waals surface area contributed by atoms with E-state index in [1.807, 2.05) is 0 Å². The maximum absolute atomic E-state index is 13.4. The zero-order valence-corrected chi connectivity index (χ0v) is 27.5. The number of aliphatic hydroxyl groups is 5. The van der Waals surface area contributed by atoms with Crippen LogP contribution in [0.5, 0.6) is 0 Å². The topological polar surface area (TPSA) is 206 Å². The molecule has 4 aliphatic carbocycles. The fourth-order valence-electron chi connectivity index (χ4n) is 8.22. The highest BCUT2D eigenvalue weighted by molar-refractivity contribution is 6.12. The average Bonchev–Trinajstić information content (AvgIpc) is 3.27. The van der Waals surface area contributed by atoms with Gasteiger partial charge in [-0.2, -0.15) is 0 Å². The minimum atomic E-state index is -1.77. The molecule has 9 atom stereocenters. The molecule has 13 nitrogen and oxygen atoms in total. The van der Waals surface area contributed by atoms with E-state index in [1.54, 1.807) is 13.8 Å². The number of aliphatic hydroxyl groups excluding tert-OH is 4. The van der Waals surface area contributed by atoms with Crippen molar-refractivity contribution in [2.75, 3.05) is 19.8 Å². The van der Waals surface area contributed by atoms with Crippen LogP contribution in [-0.4, -0.2) is 111 Å². The third-order valence-electron chi connectivity index (χ3n) is 11.1. The van der Waals surface area contributed by atoms with Gasteiger partial charge in [-0.15, -0.1) is 0 Å². The Kier molecular flexibility index (Phi) is 9.33.